The lowest BCUT2D eigenvalue weighted by Crippen LogP contribution is -2.21. The molecule has 0 heterocycles. The molecule has 1 N–H and O–H groups in total. The van der Waals surface area contributed by atoms with Gasteiger partial charge in [-0.3, -0.25) is 0 Å². The average molecular weight is 265 g/mol. The van der Waals surface area contributed by atoms with E-state index < -0.39 is 0 Å². The molecule has 2 nitrogen and oxygen atoms in total. The molecule has 98 valence electrons. The van der Waals surface area contributed by atoms with Gasteiger partial charge in [-0.05, 0) is 57.9 Å². The van der Waals surface area contributed by atoms with Crippen molar-refractivity contribution < 1.29 is 0 Å². The highest BCUT2D eigenvalue weighted by Gasteiger charge is 2.15. The molecule has 1 aromatic rings. The van der Waals surface area contributed by atoms with E-state index in [1.165, 1.54) is 5.56 Å². The second-order valence-corrected chi connectivity index (χ2v) is 5.76. The highest BCUT2D eigenvalue weighted by molar-refractivity contribution is 6.30. The van der Waals surface area contributed by atoms with Gasteiger partial charge in [0.05, 0.1) is 11.5 Å². The summed E-state index contributed by atoms with van der Waals surface area (Å²) in [6.07, 6.45) is 1.93. The zero-order chi connectivity index (χ0) is 13.6. The van der Waals surface area contributed by atoms with Gasteiger partial charge >= 0.3 is 0 Å². The van der Waals surface area contributed by atoms with Crippen LogP contribution in [0.25, 0.3) is 0 Å². The van der Waals surface area contributed by atoms with Crippen molar-refractivity contribution in [2.45, 2.75) is 39.7 Å². The quantitative estimate of drug-likeness (QED) is 0.777. The largest absolute Gasteiger partial charge is 0.310 e. The van der Waals surface area contributed by atoms with Crippen molar-refractivity contribution in [3.05, 3.63) is 34.9 Å². The standard InChI is InChI=1S/C15H21ClN2/c1-12(13-5-7-14(16)8-6-13)18-10-4-9-15(2,3)11-17/h5-8,12,18H,4,9-10H2,1-3H3/t12-/m1/s1. The highest BCUT2D eigenvalue weighted by Crippen LogP contribution is 2.21. The molecule has 0 spiro atoms. The molecule has 0 aliphatic heterocycles. The van der Waals surface area contributed by atoms with E-state index in [9.17, 15) is 0 Å². The smallest absolute Gasteiger partial charge is 0.0683 e. The molecule has 1 aromatic carbocycles. The average Bonchev–Trinajstić information content (AvgIpc) is 2.35. The number of nitriles is 1. The second kappa shape index (κ2) is 6.78. The first kappa shape index (κ1) is 15.0. The van der Waals surface area contributed by atoms with Crippen LogP contribution in [-0.2, 0) is 0 Å². The zero-order valence-electron chi connectivity index (χ0n) is 11.3. The van der Waals surface area contributed by atoms with Crippen LogP contribution in [0.2, 0.25) is 5.02 Å². The first-order chi connectivity index (χ1) is 8.44. The van der Waals surface area contributed by atoms with Gasteiger partial charge in [0, 0.05) is 11.1 Å². The molecule has 3 heteroatoms. The fourth-order valence-electron chi connectivity index (χ4n) is 1.77. The maximum Gasteiger partial charge on any atom is 0.0683 e. The van der Waals surface area contributed by atoms with Gasteiger partial charge in [-0.2, -0.15) is 5.26 Å². The molecule has 0 amide bonds. The monoisotopic (exact) mass is 264 g/mol. The van der Waals surface area contributed by atoms with Gasteiger partial charge in [-0.15, -0.1) is 0 Å². The van der Waals surface area contributed by atoms with E-state index in [0.717, 1.165) is 24.4 Å². The van der Waals surface area contributed by atoms with Gasteiger partial charge in [0.15, 0.2) is 0 Å². The van der Waals surface area contributed by atoms with Crippen molar-refractivity contribution >= 4 is 11.6 Å². The van der Waals surface area contributed by atoms with Crippen molar-refractivity contribution in [2.75, 3.05) is 6.54 Å². The normalized spacial score (nSPS) is 13.1. The summed E-state index contributed by atoms with van der Waals surface area (Å²) in [5.41, 5.74) is 1.02. The van der Waals surface area contributed by atoms with Crippen LogP contribution < -0.4 is 5.32 Å². The van der Waals surface area contributed by atoms with Gasteiger partial charge in [0.2, 0.25) is 0 Å². The molecule has 0 aliphatic rings. The van der Waals surface area contributed by atoms with Crippen molar-refractivity contribution in [3.8, 4) is 6.07 Å². The van der Waals surface area contributed by atoms with Crippen LogP contribution >= 0.6 is 11.6 Å². The molecule has 1 rings (SSSR count). The molecule has 0 fully saturated rings. The maximum absolute atomic E-state index is 8.92. The molecule has 0 radical (unpaired) electrons. The number of benzene rings is 1. The fourth-order valence-corrected chi connectivity index (χ4v) is 1.90. The summed E-state index contributed by atoms with van der Waals surface area (Å²) in [5.74, 6) is 0. The maximum atomic E-state index is 8.92. The lowest BCUT2D eigenvalue weighted by Gasteiger charge is -2.17. The number of hydrogen-bond acceptors (Lipinski definition) is 2. The minimum atomic E-state index is -0.217. The Bertz CT molecular complexity index is 403. The van der Waals surface area contributed by atoms with Crippen molar-refractivity contribution in [2.24, 2.45) is 5.41 Å². The van der Waals surface area contributed by atoms with Gasteiger partial charge in [0.25, 0.3) is 0 Å². The summed E-state index contributed by atoms with van der Waals surface area (Å²) in [6, 6.07) is 10.5. The zero-order valence-corrected chi connectivity index (χ0v) is 12.1. The lowest BCUT2D eigenvalue weighted by atomic mass is 9.90. The summed E-state index contributed by atoms with van der Waals surface area (Å²) in [5, 5.41) is 13.2. The molecular weight excluding hydrogens is 244 g/mol. The van der Waals surface area contributed by atoms with Crippen LogP contribution in [0, 0.1) is 16.7 Å². The minimum absolute atomic E-state index is 0.217. The summed E-state index contributed by atoms with van der Waals surface area (Å²) >= 11 is 5.86. The fraction of sp³-hybridized carbons (Fsp3) is 0.533. The number of rotatable bonds is 6. The number of nitrogens with zero attached hydrogens (tertiary/aromatic N) is 1. The van der Waals surface area contributed by atoms with E-state index in [-0.39, 0.29) is 5.41 Å². The van der Waals surface area contributed by atoms with Crippen LogP contribution in [0.15, 0.2) is 24.3 Å². The van der Waals surface area contributed by atoms with E-state index in [2.05, 4.69) is 18.3 Å². The number of hydrogen-bond donors (Lipinski definition) is 1. The Morgan fingerprint density at radius 3 is 2.50 bits per heavy atom. The molecule has 18 heavy (non-hydrogen) atoms. The summed E-state index contributed by atoms with van der Waals surface area (Å²) in [4.78, 5) is 0. The third kappa shape index (κ3) is 5.08. The molecule has 1 atom stereocenters. The van der Waals surface area contributed by atoms with Gasteiger partial charge in [-0.25, -0.2) is 0 Å². The minimum Gasteiger partial charge on any atom is -0.310 e. The first-order valence-corrected chi connectivity index (χ1v) is 6.72. The summed E-state index contributed by atoms with van der Waals surface area (Å²) in [6.45, 7) is 7.03. The molecular formula is C15H21ClN2. The highest BCUT2D eigenvalue weighted by atomic mass is 35.5. The third-order valence-corrected chi connectivity index (χ3v) is 3.35. The van der Waals surface area contributed by atoms with Crippen LogP contribution in [0.1, 0.15) is 45.2 Å². The summed E-state index contributed by atoms with van der Waals surface area (Å²) in [7, 11) is 0. The van der Waals surface area contributed by atoms with Crippen LogP contribution in [0.4, 0.5) is 0 Å². The lowest BCUT2D eigenvalue weighted by molar-refractivity contribution is 0.417. The van der Waals surface area contributed by atoms with E-state index in [0.29, 0.717) is 6.04 Å². The Labute approximate surface area is 115 Å². The van der Waals surface area contributed by atoms with Crippen LogP contribution in [0.3, 0.4) is 0 Å². The molecule has 0 saturated heterocycles. The first-order valence-electron chi connectivity index (χ1n) is 6.35. The number of halogens is 1. The van der Waals surface area contributed by atoms with E-state index in [1.54, 1.807) is 0 Å². The Hall–Kier alpha value is -1.04. The van der Waals surface area contributed by atoms with Gasteiger partial charge in [-0.1, -0.05) is 23.7 Å². The van der Waals surface area contributed by atoms with Crippen LogP contribution in [0.5, 0.6) is 0 Å². The second-order valence-electron chi connectivity index (χ2n) is 5.33. The summed E-state index contributed by atoms with van der Waals surface area (Å²) < 4.78 is 0. The predicted octanol–water partition coefficient (Wildman–Crippen LogP) is 4.32. The van der Waals surface area contributed by atoms with E-state index >= 15 is 0 Å². The number of nitrogens with one attached hydrogen (secondary N) is 1. The van der Waals surface area contributed by atoms with E-state index in [1.807, 2.05) is 38.1 Å². The Morgan fingerprint density at radius 2 is 1.94 bits per heavy atom. The van der Waals surface area contributed by atoms with Crippen molar-refractivity contribution in [1.29, 1.82) is 5.26 Å². The van der Waals surface area contributed by atoms with Crippen LogP contribution in [-0.4, -0.2) is 6.54 Å². The molecule has 0 unspecified atom stereocenters. The van der Waals surface area contributed by atoms with Crippen molar-refractivity contribution in [3.63, 3.8) is 0 Å². The SMILES string of the molecule is C[C@@H](NCCCC(C)(C)C#N)c1ccc(Cl)cc1. The Kier molecular flexibility index (Phi) is 5.65. The Balaban J connectivity index is 2.32. The van der Waals surface area contributed by atoms with E-state index in [4.69, 9.17) is 16.9 Å². The van der Waals surface area contributed by atoms with Gasteiger partial charge < -0.3 is 5.32 Å². The molecule has 0 bridgehead atoms. The third-order valence-electron chi connectivity index (χ3n) is 3.10. The van der Waals surface area contributed by atoms with Gasteiger partial charge in [0.1, 0.15) is 0 Å². The predicted molar refractivity (Wildman–Crippen MR) is 76.5 cm³/mol. The Morgan fingerprint density at radius 1 is 1.33 bits per heavy atom. The topological polar surface area (TPSA) is 35.8 Å². The molecule has 0 aliphatic carbocycles. The molecule has 0 aromatic heterocycles. The van der Waals surface area contributed by atoms with Crippen molar-refractivity contribution in [1.82, 2.24) is 5.32 Å². The molecule has 0 saturated carbocycles.